The van der Waals surface area contributed by atoms with Gasteiger partial charge < -0.3 is 30.1 Å². The minimum Gasteiger partial charge on any atom is -0.507 e. The number of likely N-dealkylation sites (tertiary alicyclic amines) is 2. The number of benzene rings is 3. The molecule has 2 aromatic heterocycles. The predicted octanol–water partition coefficient (Wildman–Crippen LogP) is 7.05. The van der Waals surface area contributed by atoms with Crippen LogP contribution in [-0.4, -0.2) is 111 Å². The fourth-order valence-electron chi connectivity index (χ4n) is 9.70. The van der Waals surface area contributed by atoms with Crippen LogP contribution in [0.25, 0.3) is 22.2 Å². The highest BCUT2D eigenvalue weighted by Crippen LogP contribution is 2.43. The van der Waals surface area contributed by atoms with Crippen LogP contribution in [0.15, 0.2) is 79.0 Å². The molecule has 4 aliphatic rings. The van der Waals surface area contributed by atoms with Gasteiger partial charge in [0.25, 0.3) is 11.8 Å². The Kier molecular flexibility index (Phi) is 10.8. The number of nitrogens with one attached hydrogen (secondary N) is 1. The molecule has 324 valence electrons. The number of para-hydroxylation sites is 1. The number of carbonyl (C=O) groups excluding carboxylic acids is 3. The fraction of sp³-hybridized carbons (Fsp3) is 0.413. The highest BCUT2D eigenvalue weighted by Gasteiger charge is 2.46. The van der Waals surface area contributed by atoms with E-state index in [0.717, 1.165) is 48.1 Å². The zero-order chi connectivity index (χ0) is 43.3. The van der Waals surface area contributed by atoms with E-state index in [1.165, 1.54) is 6.07 Å². The maximum atomic E-state index is 16.4. The Morgan fingerprint density at radius 1 is 0.887 bits per heavy atom. The maximum absolute atomic E-state index is 16.4. The first kappa shape index (κ1) is 41.2. The van der Waals surface area contributed by atoms with Gasteiger partial charge in [0.15, 0.2) is 5.82 Å². The quantitative estimate of drug-likeness (QED) is 0.149. The molecule has 1 atom stereocenters. The third kappa shape index (κ3) is 8.03. The molecular weight excluding hydrogens is 800 g/mol. The maximum Gasteiger partial charge on any atom is 0.328 e. The monoisotopic (exact) mass is 849 g/mol. The van der Waals surface area contributed by atoms with Crippen molar-refractivity contribution in [3.63, 3.8) is 0 Å². The second kappa shape index (κ2) is 16.3. The number of piperidine rings is 3. The predicted molar refractivity (Wildman–Crippen MR) is 230 cm³/mol. The van der Waals surface area contributed by atoms with E-state index in [1.54, 1.807) is 63.2 Å². The van der Waals surface area contributed by atoms with Crippen LogP contribution in [0.2, 0.25) is 0 Å². The summed E-state index contributed by atoms with van der Waals surface area (Å²) in [5, 5.41) is 21.9. The number of imide groups is 1. The van der Waals surface area contributed by atoms with Crippen molar-refractivity contribution in [2.24, 2.45) is 0 Å². The molecule has 6 heterocycles. The van der Waals surface area contributed by atoms with Crippen molar-refractivity contribution in [1.82, 2.24) is 29.9 Å². The second-order valence-corrected chi connectivity index (χ2v) is 17.3. The van der Waals surface area contributed by atoms with Crippen LogP contribution in [0, 0.1) is 6.92 Å². The summed E-state index contributed by atoms with van der Waals surface area (Å²) in [6.45, 7) is 4.63. The Balaban J connectivity index is 0.786. The molecule has 0 unspecified atom stereocenters. The van der Waals surface area contributed by atoms with Crippen LogP contribution in [0.3, 0.4) is 0 Å². The van der Waals surface area contributed by atoms with Gasteiger partial charge in [-0.25, -0.2) is 18.0 Å². The molecule has 16 heteroatoms. The van der Waals surface area contributed by atoms with Gasteiger partial charge in [-0.1, -0.05) is 24.3 Å². The molecule has 4 saturated heterocycles. The molecule has 9 rings (SSSR count). The summed E-state index contributed by atoms with van der Waals surface area (Å²) in [6.07, 6.45) is 4.08. The first-order valence-electron chi connectivity index (χ1n) is 21.3. The third-order valence-electron chi connectivity index (χ3n) is 13.3. The van der Waals surface area contributed by atoms with Crippen molar-refractivity contribution in [1.29, 1.82) is 0 Å². The number of aromatic hydroxyl groups is 1. The van der Waals surface area contributed by atoms with Crippen molar-refractivity contribution in [3.8, 4) is 17.0 Å². The van der Waals surface area contributed by atoms with Crippen molar-refractivity contribution in [2.75, 3.05) is 67.9 Å². The van der Waals surface area contributed by atoms with Gasteiger partial charge >= 0.3 is 6.03 Å². The second-order valence-electron chi connectivity index (χ2n) is 17.3. The van der Waals surface area contributed by atoms with E-state index in [4.69, 9.17) is 5.73 Å². The lowest BCUT2D eigenvalue weighted by Crippen LogP contribution is -2.51. The zero-order valence-electron chi connectivity index (χ0n) is 34.6. The van der Waals surface area contributed by atoms with E-state index in [0.29, 0.717) is 41.2 Å². The SMILES string of the molecule is Cc1cc2c(ccn2C2CCN(CC3(F)CCN(C(=O)c4ccc([C@@H]5CN(c6cc(-c7ccccc7O)nnc6N)CCC5(F)F)cc4)CC3)CC2)cc1N1CCC(=O)NC1=O. The van der Waals surface area contributed by atoms with Gasteiger partial charge in [0, 0.05) is 118 Å². The Morgan fingerprint density at radius 3 is 2.35 bits per heavy atom. The van der Waals surface area contributed by atoms with E-state index < -0.39 is 30.0 Å². The van der Waals surface area contributed by atoms with Crippen LogP contribution in [0.5, 0.6) is 5.75 Å². The average Bonchev–Trinajstić information content (AvgIpc) is 3.67. The lowest BCUT2D eigenvalue weighted by Gasteiger charge is -2.41. The largest absolute Gasteiger partial charge is 0.507 e. The molecule has 13 nitrogen and oxygen atoms in total. The topological polar surface area (TPSA) is 153 Å². The average molecular weight is 850 g/mol. The highest BCUT2D eigenvalue weighted by atomic mass is 19.3. The Morgan fingerprint density at radius 2 is 1.63 bits per heavy atom. The van der Waals surface area contributed by atoms with Crippen molar-refractivity contribution >= 4 is 45.9 Å². The number of fused-ring (bicyclic) bond motifs is 1. The molecule has 62 heavy (non-hydrogen) atoms. The number of nitrogens with zero attached hydrogens (tertiary/aromatic N) is 7. The van der Waals surface area contributed by atoms with E-state index in [2.05, 4.69) is 43.3 Å². The molecule has 0 aliphatic carbocycles. The number of hydrogen-bond donors (Lipinski definition) is 3. The van der Waals surface area contributed by atoms with Gasteiger partial charge in [-0.3, -0.25) is 19.8 Å². The van der Waals surface area contributed by atoms with E-state index in [-0.39, 0.29) is 74.9 Å². The standard InChI is InChI=1S/C46H50F3N9O4/c1-29-24-38-32(25-37(29)58-20-13-41(60)51-44(58)62)10-19-57(38)33-11-17-54(18-12-33)28-45(47)14-21-55(22-15-45)43(61)31-8-6-30(7-9-31)35-27-56(23-16-46(35,48)49)39-26-36(52-53-42(39)50)34-4-2-3-5-40(34)59/h2-10,19,24-26,33,35,59H,11-18,20-23,27-28H2,1H3,(H2,50,53)(H,51,60,62)/t35-/m0/s1. The van der Waals surface area contributed by atoms with Gasteiger partial charge in [0.2, 0.25) is 5.91 Å². The lowest BCUT2D eigenvalue weighted by atomic mass is 9.86. The number of halogens is 3. The number of alkyl halides is 3. The molecule has 5 aromatic rings. The first-order chi connectivity index (χ1) is 29.7. The van der Waals surface area contributed by atoms with Crippen LogP contribution in [-0.2, 0) is 4.79 Å². The van der Waals surface area contributed by atoms with Gasteiger partial charge in [0.1, 0.15) is 11.4 Å². The molecular formula is C46H50F3N9O4. The summed E-state index contributed by atoms with van der Waals surface area (Å²) in [6, 6.07) is 20.6. The summed E-state index contributed by atoms with van der Waals surface area (Å²) in [5.74, 6) is -4.60. The van der Waals surface area contributed by atoms with Crippen molar-refractivity contribution in [2.45, 2.75) is 69.0 Å². The molecule has 4 fully saturated rings. The molecule has 0 saturated carbocycles. The lowest BCUT2D eigenvalue weighted by molar-refractivity contribution is -0.120. The van der Waals surface area contributed by atoms with E-state index in [1.807, 2.05) is 13.0 Å². The minimum absolute atomic E-state index is 0.0139. The Bertz CT molecular complexity index is 2520. The van der Waals surface area contributed by atoms with Crippen LogP contribution in [0.1, 0.15) is 72.0 Å². The Labute approximate surface area is 357 Å². The molecule has 0 bridgehead atoms. The number of nitrogen functional groups attached to an aromatic ring is 1. The number of hydrogen-bond acceptors (Lipinski definition) is 9. The smallest absolute Gasteiger partial charge is 0.328 e. The molecule has 0 spiro atoms. The zero-order valence-corrected chi connectivity index (χ0v) is 34.6. The molecule has 4 aliphatic heterocycles. The van der Waals surface area contributed by atoms with Gasteiger partial charge in [-0.05, 0) is 79.4 Å². The van der Waals surface area contributed by atoms with Gasteiger partial charge in [-0.15, -0.1) is 10.2 Å². The Hall–Kier alpha value is -6.16. The number of aromatic nitrogens is 3. The molecule has 3 aromatic carbocycles. The molecule has 4 N–H and O–H groups in total. The number of amides is 4. The minimum atomic E-state index is -3.01. The number of nitrogens with two attached hydrogens (primary N) is 1. The van der Waals surface area contributed by atoms with Gasteiger partial charge in [-0.2, -0.15) is 0 Å². The first-order valence-corrected chi connectivity index (χ1v) is 21.3. The number of aryl methyl sites for hydroxylation is 1. The molecule has 0 radical (unpaired) electrons. The number of anilines is 3. The summed E-state index contributed by atoms with van der Waals surface area (Å²) < 4.78 is 49.7. The number of phenols is 1. The summed E-state index contributed by atoms with van der Waals surface area (Å²) in [4.78, 5) is 45.0. The fourth-order valence-corrected chi connectivity index (χ4v) is 9.70. The summed E-state index contributed by atoms with van der Waals surface area (Å²) in [7, 11) is 0. The van der Waals surface area contributed by atoms with E-state index in [9.17, 15) is 19.5 Å². The number of urea groups is 1. The normalized spacial score (nSPS) is 21.0. The van der Waals surface area contributed by atoms with Crippen LogP contribution in [0.4, 0.5) is 35.2 Å². The number of carbonyl (C=O) groups is 3. The third-order valence-corrected chi connectivity index (χ3v) is 13.3. The van der Waals surface area contributed by atoms with Gasteiger partial charge in [0.05, 0.1) is 17.3 Å². The molecule has 4 amide bonds. The summed E-state index contributed by atoms with van der Waals surface area (Å²) in [5.41, 5.74) is 9.61. The van der Waals surface area contributed by atoms with Crippen LogP contribution >= 0.6 is 0 Å². The van der Waals surface area contributed by atoms with Crippen LogP contribution < -0.4 is 20.9 Å². The summed E-state index contributed by atoms with van der Waals surface area (Å²) >= 11 is 0. The highest BCUT2D eigenvalue weighted by molar-refractivity contribution is 6.06. The van der Waals surface area contributed by atoms with Crippen molar-refractivity contribution in [3.05, 3.63) is 95.7 Å². The number of phenolic OH excluding ortho intramolecular Hbond substituents is 1. The number of rotatable bonds is 8. The van der Waals surface area contributed by atoms with Crippen molar-refractivity contribution < 1.29 is 32.7 Å². The van der Waals surface area contributed by atoms with E-state index >= 15 is 13.2 Å².